The molecule has 2 rings (SSSR count). The zero-order valence-electron chi connectivity index (χ0n) is 9.81. The van der Waals surface area contributed by atoms with Crippen molar-refractivity contribution in [3.05, 3.63) is 50.8 Å². The minimum Gasteiger partial charge on any atom is -0.358 e. The van der Waals surface area contributed by atoms with Crippen molar-refractivity contribution in [2.45, 2.75) is 0 Å². The molecule has 0 saturated carbocycles. The summed E-state index contributed by atoms with van der Waals surface area (Å²) in [5.74, 6) is -0.181. The second-order valence-corrected chi connectivity index (χ2v) is 3.72. The number of hydrogen-bond donors (Lipinski definition) is 1. The highest BCUT2D eigenvalue weighted by Gasteiger charge is 2.20. The van der Waals surface area contributed by atoms with Gasteiger partial charge in [0, 0.05) is 24.9 Å². The van der Waals surface area contributed by atoms with Crippen LogP contribution < -0.4 is 5.32 Å². The van der Waals surface area contributed by atoms with Gasteiger partial charge in [-0.2, -0.15) is 0 Å². The molecule has 19 heavy (non-hydrogen) atoms. The fourth-order valence-electron chi connectivity index (χ4n) is 1.53. The van der Waals surface area contributed by atoms with Gasteiger partial charge in [0.1, 0.15) is 0 Å². The molecule has 0 unspecified atom stereocenters. The Bertz CT molecular complexity index is 651. The van der Waals surface area contributed by atoms with E-state index in [4.69, 9.17) is 0 Å². The Labute approximate surface area is 106 Å². The summed E-state index contributed by atoms with van der Waals surface area (Å²) >= 11 is 0. The third kappa shape index (κ3) is 2.49. The normalized spacial score (nSPS) is 10.2. The lowest BCUT2D eigenvalue weighted by Crippen LogP contribution is -2.01. The molecule has 0 aliphatic heterocycles. The molecule has 0 radical (unpaired) electrons. The first-order chi connectivity index (χ1) is 8.99. The lowest BCUT2D eigenvalue weighted by atomic mass is 10.3. The number of imidazole rings is 1. The molecular formula is C10H9N5O4. The second kappa shape index (κ2) is 4.72. The molecule has 1 N–H and O–H groups in total. The molecule has 0 aliphatic rings. The lowest BCUT2D eigenvalue weighted by molar-refractivity contribution is -0.388. The van der Waals surface area contributed by atoms with Crippen LogP contribution in [0.2, 0.25) is 0 Å². The van der Waals surface area contributed by atoms with Crippen LogP contribution >= 0.6 is 0 Å². The van der Waals surface area contributed by atoms with Crippen LogP contribution in [0.25, 0.3) is 0 Å². The molecule has 1 aromatic heterocycles. The Balaban J connectivity index is 2.36. The molecule has 0 saturated heterocycles. The monoisotopic (exact) mass is 263 g/mol. The van der Waals surface area contributed by atoms with Crippen molar-refractivity contribution < 1.29 is 9.85 Å². The van der Waals surface area contributed by atoms with Gasteiger partial charge < -0.3 is 15.4 Å². The van der Waals surface area contributed by atoms with Crippen LogP contribution in [0.1, 0.15) is 0 Å². The van der Waals surface area contributed by atoms with E-state index in [1.54, 1.807) is 13.1 Å². The van der Waals surface area contributed by atoms with E-state index in [-0.39, 0.29) is 17.3 Å². The average molecular weight is 263 g/mol. The van der Waals surface area contributed by atoms with Gasteiger partial charge in [-0.25, -0.2) is 0 Å². The highest BCUT2D eigenvalue weighted by Crippen LogP contribution is 2.27. The van der Waals surface area contributed by atoms with Crippen molar-refractivity contribution in [1.82, 2.24) is 9.55 Å². The first kappa shape index (κ1) is 12.5. The minimum absolute atomic E-state index is 0.102. The molecule has 0 fully saturated rings. The van der Waals surface area contributed by atoms with Crippen molar-refractivity contribution in [2.24, 2.45) is 7.05 Å². The van der Waals surface area contributed by atoms with Gasteiger partial charge in [0.15, 0.2) is 0 Å². The number of non-ortho nitro benzene ring substituents is 1. The molecule has 2 aromatic rings. The standard InChI is InChI=1S/C10H9N5O4/c1-13-6-11-9(15(18)19)10(13)12-7-3-2-4-8(5-7)14(16)17/h2-6,12H,1H3. The molecule has 0 amide bonds. The highest BCUT2D eigenvalue weighted by atomic mass is 16.6. The van der Waals surface area contributed by atoms with E-state index >= 15 is 0 Å². The van der Waals surface area contributed by atoms with Crippen LogP contribution in [0.15, 0.2) is 30.6 Å². The summed E-state index contributed by atoms with van der Waals surface area (Å²) in [5.41, 5.74) is 0.274. The lowest BCUT2D eigenvalue weighted by Gasteiger charge is -2.05. The number of hydrogen-bond acceptors (Lipinski definition) is 6. The number of aromatic nitrogens is 2. The smallest absolute Gasteiger partial charge is 0.358 e. The van der Waals surface area contributed by atoms with E-state index < -0.39 is 9.85 Å². The number of rotatable bonds is 4. The molecule has 98 valence electrons. The molecule has 0 spiro atoms. The van der Waals surface area contributed by atoms with E-state index in [2.05, 4.69) is 10.3 Å². The number of nitrogens with one attached hydrogen (secondary N) is 1. The molecule has 9 heteroatoms. The van der Waals surface area contributed by atoms with Crippen LogP contribution in [-0.2, 0) is 7.05 Å². The Morgan fingerprint density at radius 2 is 2.00 bits per heavy atom. The summed E-state index contributed by atoms with van der Waals surface area (Å²) in [6, 6.07) is 5.69. The Morgan fingerprint density at radius 3 is 2.63 bits per heavy atom. The molecular weight excluding hydrogens is 254 g/mol. The molecule has 9 nitrogen and oxygen atoms in total. The van der Waals surface area contributed by atoms with Gasteiger partial charge in [-0.15, -0.1) is 0 Å². The zero-order valence-corrected chi connectivity index (χ0v) is 9.81. The fourth-order valence-corrected chi connectivity index (χ4v) is 1.53. The number of anilines is 2. The van der Waals surface area contributed by atoms with Crippen LogP contribution in [0.4, 0.5) is 23.0 Å². The minimum atomic E-state index is -0.625. The predicted octanol–water partition coefficient (Wildman–Crippen LogP) is 1.98. The van der Waals surface area contributed by atoms with Gasteiger partial charge in [0.05, 0.1) is 4.92 Å². The molecule has 0 aliphatic carbocycles. The van der Waals surface area contributed by atoms with E-state index in [1.165, 1.54) is 29.1 Å². The quantitative estimate of drug-likeness (QED) is 0.665. The zero-order chi connectivity index (χ0) is 14.0. The summed E-state index contributed by atoms with van der Waals surface area (Å²) in [6.45, 7) is 0. The first-order valence-corrected chi connectivity index (χ1v) is 5.16. The highest BCUT2D eigenvalue weighted by molar-refractivity contribution is 5.65. The Kier molecular flexibility index (Phi) is 3.10. The third-order valence-electron chi connectivity index (χ3n) is 2.41. The SMILES string of the molecule is Cn1cnc([N+](=O)[O-])c1Nc1cccc([N+](=O)[O-])c1. The van der Waals surface area contributed by atoms with Crippen molar-refractivity contribution in [3.63, 3.8) is 0 Å². The van der Waals surface area contributed by atoms with Crippen LogP contribution in [0.3, 0.4) is 0 Å². The van der Waals surface area contributed by atoms with Gasteiger partial charge >= 0.3 is 5.82 Å². The fraction of sp³-hybridized carbons (Fsp3) is 0.100. The number of nitro groups is 2. The summed E-state index contributed by atoms with van der Waals surface area (Å²) in [4.78, 5) is 23.9. The Morgan fingerprint density at radius 1 is 1.26 bits per heavy atom. The van der Waals surface area contributed by atoms with Crippen LogP contribution in [-0.4, -0.2) is 19.4 Å². The van der Waals surface area contributed by atoms with E-state index in [0.29, 0.717) is 5.69 Å². The number of aryl methyl sites for hydroxylation is 1. The van der Waals surface area contributed by atoms with E-state index in [0.717, 1.165) is 0 Å². The van der Waals surface area contributed by atoms with E-state index in [1.807, 2.05) is 0 Å². The second-order valence-electron chi connectivity index (χ2n) is 3.72. The topological polar surface area (TPSA) is 116 Å². The average Bonchev–Trinajstić information content (AvgIpc) is 2.71. The predicted molar refractivity (Wildman–Crippen MR) is 66.2 cm³/mol. The molecule has 1 aromatic carbocycles. The van der Waals surface area contributed by atoms with Gasteiger partial charge in [-0.05, 0) is 16.0 Å². The van der Waals surface area contributed by atoms with Crippen molar-refractivity contribution in [2.75, 3.05) is 5.32 Å². The largest absolute Gasteiger partial charge is 0.406 e. The van der Waals surface area contributed by atoms with E-state index in [9.17, 15) is 20.2 Å². The van der Waals surface area contributed by atoms with Gasteiger partial charge in [0.25, 0.3) is 5.69 Å². The summed E-state index contributed by atoms with van der Waals surface area (Å²) in [7, 11) is 1.58. The van der Waals surface area contributed by atoms with Crippen molar-refractivity contribution in [1.29, 1.82) is 0 Å². The summed E-state index contributed by atoms with van der Waals surface area (Å²) < 4.78 is 1.43. The molecule has 0 atom stereocenters. The molecule has 0 bridgehead atoms. The van der Waals surface area contributed by atoms with Crippen molar-refractivity contribution in [3.8, 4) is 0 Å². The maximum Gasteiger partial charge on any atom is 0.406 e. The third-order valence-corrected chi connectivity index (χ3v) is 2.41. The van der Waals surface area contributed by atoms with Gasteiger partial charge in [-0.1, -0.05) is 6.07 Å². The summed E-state index contributed by atoms with van der Waals surface area (Å²) in [5, 5.41) is 24.2. The Hall–Kier alpha value is -2.97. The van der Waals surface area contributed by atoms with Crippen LogP contribution in [0, 0.1) is 20.2 Å². The maximum atomic E-state index is 10.8. The van der Waals surface area contributed by atoms with Crippen molar-refractivity contribution >= 4 is 23.0 Å². The number of nitrogens with zero attached hydrogens (tertiary/aromatic N) is 4. The summed E-state index contributed by atoms with van der Waals surface area (Å²) in [6.07, 6.45) is 1.29. The first-order valence-electron chi connectivity index (χ1n) is 5.16. The maximum absolute atomic E-state index is 10.8. The number of nitro benzene ring substituents is 1. The molecule has 1 heterocycles. The van der Waals surface area contributed by atoms with Crippen LogP contribution in [0.5, 0.6) is 0 Å². The number of benzene rings is 1. The van der Waals surface area contributed by atoms with Gasteiger partial charge in [-0.3, -0.25) is 14.7 Å². The van der Waals surface area contributed by atoms with Gasteiger partial charge in [0.2, 0.25) is 12.1 Å².